The molecule has 0 radical (unpaired) electrons. The normalized spacial score (nSPS) is 29.2. The van der Waals surface area contributed by atoms with Crippen molar-refractivity contribution >= 4 is 6.72 Å². The summed E-state index contributed by atoms with van der Waals surface area (Å²) in [6, 6.07) is 3.10. The molecule has 2 nitrogen and oxygen atoms in total. The number of nitrogens with zero attached hydrogens (tertiary/aromatic N) is 1. The number of rotatable bonds is 6. The third-order valence-corrected chi connectivity index (χ3v) is 6.51. The topological polar surface area (TPSA) is 21.6 Å². The molecule has 0 unspecified atom stereocenters. The molecule has 1 aromatic carbocycles. The van der Waals surface area contributed by atoms with Crippen molar-refractivity contribution in [2.24, 2.45) is 22.9 Å². The zero-order valence-corrected chi connectivity index (χ0v) is 15.4. The van der Waals surface area contributed by atoms with Crippen molar-refractivity contribution in [2.75, 3.05) is 0 Å². The third kappa shape index (κ3) is 4.16. The third-order valence-electron chi connectivity index (χ3n) is 6.51. The second-order valence-corrected chi connectivity index (χ2v) is 7.92. The van der Waals surface area contributed by atoms with E-state index in [9.17, 15) is 8.78 Å². The lowest BCUT2D eigenvalue weighted by Gasteiger charge is -2.38. The van der Waals surface area contributed by atoms with Crippen LogP contribution >= 0.6 is 0 Å². The minimum absolute atomic E-state index is 0.101. The summed E-state index contributed by atoms with van der Waals surface area (Å²) in [6.07, 6.45) is 12.6. The fourth-order valence-corrected chi connectivity index (χ4v) is 5.03. The average Bonchev–Trinajstić information content (AvgIpc) is 2.67. The van der Waals surface area contributed by atoms with Crippen LogP contribution in [0.1, 0.15) is 69.3 Å². The van der Waals surface area contributed by atoms with Crippen molar-refractivity contribution in [3.8, 4) is 5.75 Å². The molecule has 0 aromatic heterocycles. The minimum Gasteiger partial charge on any atom is -0.354 e. The maximum atomic E-state index is 14.4. The van der Waals surface area contributed by atoms with Gasteiger partial charge in [0, 0.05) is 6.72 Å². The van der Waals surface area contributed by atoms with Gasteiger partial charge in [0.25, 0.3) is 0 Å². The van der Waals surface area contributed by atoms with Crippen LogP contribution in [0.2, 0.25) is 0 Å². The maximum absolute atomic E-state index is 14.4. The number of hydrogen-bond donors (Lipinski definition) is 0. The standard InChI is InChI=1S/C22H29F2NO/c1-3-4-15-5-7-16(8-6-15)17-9-11-18(12-10-17)19-13-14-20(26-25-2)22(24)21(19)23/h3,13-18H,1-2,4-12H2. The molecule has 0 atom stereocenters. The van der Waals surface area contributed by atoms with Crippen LogP contribution in [0, 0.1) is 29.4 Å². The zero-order valence-electron chi connectivity index (χ0n) is 15.4. The first-order chi connectivity index (χ1) is 12.6. The van der Waals surface area contributed by atoms with E-state index in [0.717, 1.165) is 49.9 Å². The highest BCUT2D eigenvalue weighted by molar-refractivity contribution is 5.34. The Morgan fingerprint density at radius 3 is 2.15 bits per heavy atom. The minimum atomic E-state index is -0.961. The SMILES string of the molecule is C=CCC1CCC(C2CCC(c3ccc(ON=C)c(F)c3F)CC2)CC1. The summed E-state index contributed by atoms with van der Waals surface area (Å²) in [5.41, 5.74) is 0.479. The first kappa shape index (κ1) is 19.1. The number of oxime groups is 1. The van der Waals surface area contributed by atoms with Gasteiger partial charge in [0.05, 0.1) is 0 Å². The molecule has 1 aromatic rings. The van der Waals surface area contributed by atoms with E-state index < -0.39 is 11.6 Å². The van der Waals surface area contributed by atoms with Crippen molar-refractivity contribution in [1.29, 1.82) is 0 Å². The number of hydrogen-bond acceptors (Lipinski definition) is 2. The van der Waals surface area contributed by atoms with Crippen LogP contribution in [0.4, 0.5) is 8.78 Å². The zero-order chi connectivity index (χ0) is 18.5. The Kier molecular flexibility index (Phi) is 6.44. The van der Waals surface area contributed by atoms with Crippen LogP contribution in [-0.2, 0) is 0 Å². The van der Waals surface area contributed by atoms with Crippen molar-refractivity contribution < 1.29 is 13.6 Å². The molecule has 2 saturated carbocycles. The van der Waals surface area contributed by atoms with E-state index in [1.807, 2.05) is 6.08 Å². The Morgan fingerprint density at radius 2 is 1.58 bits per heavy atom. The molecule has 26 heavy (non-hydrogen) atoms. The Hall–Kier alpha value is -1.71. The summed E-state index contributed by atoms with van der Waals surface area (Å²) < 4.78 is 28.5. The molecule has 0 N–H and O–H groups in total. The van der Waals surface area contributed by atoms with E-state index in [0.29, 0.717) is 5.56 Å². The summed E-state index contributed by atoms with van der Waals surface area (Å²) >= 11 is 0. The molecule has 0 amide bonds. The van der Waals surface area contributed by atoms with Gasteiger partial charge in [0.1, 0.15) is 0 Å². The van der Waals surface area contributed by atoms with Gasteiger partial charge in [-0.05, 0) is 93.1 Å². The van der Waals surface area contributed by atoms with Gasteiger partial charge in [-0.1, -0.05) is 17.3 Å². The van der Waals surface area contributed by atoms with E-state index >= 15 is 0 Å². The summed E-state index contributed by atoms with van der Waals surface area (Å²) in [4.78, 5) is 4.67. The fraction of sp³-hybridized carbons (Fsp3) is 0.591. The van der Waals surface area contributed by atoms with Gasteiger partial charge in [-0.25, -0.2) is 4.39 Å². The van der Waals surface area contributed by atoms with Crippen LogP contribution < -0.4 is 4.84 Å². The summed E-state index contributed by atoms with van der Waals surface area (Å²) in [7, 11) is 0. The molecule has 0 bridgehead atoms. The number of allylic oxidation sites excluding steroid dienone is 1. The van der Waals surface area contributed by atoms with E-state index in [1.54, 1.807) is 6.07 Å². The molecule has 3 rings (SSSR count). The Bertz CT molecular complexity index is 629. The highest BCUT2D eigenvalue weighted by Gasteiger charge is 2.32. The summed E-state index contributed by atoms with van der Waals surface area (Å²) in [5, 5.41) is 3.17. The van der Waals surface area contributed by atoms with E-state index in [1.165, 1.54) is 31.7 Å². The molecule has 2 aliphatic carbocycles. The first-order valence-corrected chi connectivity index (χ1v) is 9.85. The van der Waals surface area contributed by atoms with Crippen LogP contribution in [0.5, 0.6) is 5.75 Å². The largest absolute Gasteiger partial charge is 0.354 e. The first-order valence-electron chi connectivity index (χ1n) is 9.85. The molecular formula is C22H29F2NO. The number of halogens is 2. The molecular weight excluding hydrogens is 332 g/mol. The fourth-order valence-electron chi connectivity index (χ4n) is 5.03. The molecule has 0 spiro atoms. The highest BCUT2D eigenvalue weighted by atomic mass is 19.2. The Morgan fingerprint density at radius 1 is 0.962 bits per heavy atom. The van der Waals surface area contributed by atoms with E-state index in [-0.39, 0.29) is 11.7 Å². The molecule has 2 fully saturated rings. The lowest BCUT2D eigenvalue weighted by molar-refractivity contribution is 0.160. The molecule has 2 aliphatic rings. The lowest BCUT2D eigenvalue weighted by Crippen LogP contribution is -2.25. The summed E-state index contributed by atoms with van der Waals surface area (Å²) in [6.45, 7) is 7.00. The van der Waals surface area contributed by atoms with Crippen molar-refractivity contribution in [3.63, 3.8) is 0 Å². The van der Waals surface area contributed by atoms with Gasteiger partial charge in [0.2, 0.25) is 5.82 Å². The second-order valence-electron chi connectivity index (χ2n) is 7.92. The van der Waals surface area contributed by atoms with Crippen molar-refractivity contribution in [2.45, 2.75) is 63.7 Å². The Labute approximate surface area is 155 Å². The predicted molar refractivity (Wildman–Crippen MR) is 101 cm³/mol. The summed E-state index contributed by atoms with van der Waals surface area (Å²) in [5.74, 6) is 0.527. The molecule has 0 heterocycles. The monoisotopic (exact) mass is 361 g/mol. The quantitative estimate of drug-likeness (QED) is 0.317. The average molecular weight is 361 g/mol. The van der Waals surface area contributed by atoms with Crippen molar-refractivity contribution in [3.05, 3.63) is 42.0 Å². The van der Waals surface area contributed by atoms with Gasteiger partial charge in [-0.2, -0.15) is 4.39 Å². The van der Waals surface area contributed by atoms with Crippen LogP contribution in [0.3, 0.4) is 0 Å². The molecule has 142 valence electrons. The van der Waals surface area contributed by atoms with Gasteiger partial charge < -0.3 is 4.84 Å². The smallest absolute Gasteiger partial charge is 0.204 e. The van der Waals surface area contributed by atoms with Gasteiger partial charge in [0.15, 0.2) is 11.6 Å². The second kappa shape index (κ2) is 8.79. The maximum Gasteiger partial charge on any atom is 0.204 e. The number of benzene rings is 1. The van der Waals surface area contributed by atoms with E-state index in [2.05, 4.69) is 23.3 Å². The molecule has 0 aliphatic heterocycles. The van der Waals surface area contributed by atoms with Gasteiger partial charge in [-0.3, -0.25) is 0 Å². The molecule has 0 saturated heterocycles. The van der Waals surface area contributed by atoms with E-state index in [4.69, 9.17) is 0 Å². The predicted octanol–water partition coefficient (Wildman–Crippen LogP) is 6.62. The van der Waals surface area contributed by atoms with Crippen LogP contribution in [-0.4, -0.2) is 6.72 Å². The van der Waals surface area contributed by atoms with Gasteiger partial charge in [-0.15, -0.1) is 6.58 Å². The van der Waals surface area contributed by atoms with Crippen LogP contribution in [0.25, 0.3) is 0 Å². The molecule has 4 heteroatoms. The van der Waals surface area contributed by atoms with Gasteiger partial charge >= 0.3 is 0 Å². The Balaban J connectivity index is 1.56. The lowest BCUT2D eigenvalue weighted by atomic mass is 9.68. The highest BCUT2D eigenvalue weighted by Crippen LogP contribution is 2.45. The van der Waals surface area contributed by atoms with Crippen LogP contribution in [0.15, 0.2) is 29.9 Å². The van der Waals surface area contributed by atoms with Crippen molar-refractivity contribution in [1.82, 2.24) is 0 Å².